The van der Waals surface area contributed by atoms with Gasteiger partial charge < -0.3 is 20.3 Å². The summed E-state index contributed by atoms with van der Waals surface area (Å²) in [6, 6.07) is 11.5. The summed E-state index contributed by atoms with van der Waals surface area (Å²) in [5.74, 6) is -2.61. The Balaban J connectivity index is 1.72. The molecule has 26 heavy (non-hydrogen) atoms. The van der Waals surface area contributed by atoms with Crippen molar-refractivity contribution in [2.45, 2.75) is 25.5 Å². The topological polar surface area (TPSA) is 113 Å². The number of hydrogen-bond acceptors (Lipinski definition) is 4. The lowest BCUT2D eigenvalue weighted by atomic mass is 9.99. The number of fused-ring (bicyclic) bond motifs is 1. The van der Waals surface area contributed by atoms with E-state index in [1.807, 2.05) is 30.3 Å². The molecule has 0 saturated heterocycles. The number of nitrogens with one attached hydrogen (secondary N) is 1. The third-order valence-electron chi connectivity index (χ3n) is 4.32. The molecule has 0 heterocycles. The zero-order valence-electron chi connectivity index (χ0n) is 13.8. The van der Waals surface area contributed by atoms with Crippen LogP contribution in [0.5, 0.6) is 0 Å². The van der Waals surface area contributed by atoms with Crippen LogP contribution in [-0.2, 0) is 17.8 Å². The van der Waals surface area contributed by atoms with Crippen LogP contribution in [0.2, 0.25) is 0 Å². The Morgan fingerprint density at radius 1 is 1.04 bits per heavy atom. The van der Waals surface area contributed by atoms with Crippen LogP contribution in [0.3, 0.4) is 0 Å². The van der Waals surface area contributed by atoms with Gasteiger partial charge in [-0.3, -0.25) is 0 Å². The molecule has 0 bridgehead atoms. The Kier molecular flexibility index (Phi) is 4.88. The van der Waals surface area contributed by atoms with Crippen molar-refractivity contribution in [1.82, 2.24) is 5.32 Å². The maximum Gasteiger partial charge on any atom is 0.407 e. The SMILES string of the molecule is O=C(NC1CCc2cc(C(=O)O)c(C(=O)O)cc21)OCc1ccccc1. The zero-order valence-corrected chi connectivity index (χ0v) is 13.8. The first-order valence-corrected chi connectivity index (χ1v) is 8.06. The lowest BCUT2D eigenvalue weighted by Gasteiger charge is -2.15. The van der Waals surface area contributed by atoms with Gasteiger partial charge in [-0.1, -0.05) is 30.3 Å². The number of rotatable bonds is 5. The van der Waals surface area contributed by atoms with Gasteiger partial charge in [-0.15, -0.1) is 0 Å². The van der Waals surface area contributed by atoms with Gasteiger partial charge in [0.1, 0.15) is 6.61 Å². The molecule has 2 aromatic rings. The largest absolute Gasteiger partial charge is 0.478 e. The van der Waals surface area contributed by atoms with Gasteiger partial charge in [-0.05, 0) is 41.7 Å². The first kappa shape index (κ1) is 17.5. The summed E-state index contributed by atoms with van der Waals surface area (Å²) in [7, 11) is 0. The molecule has 0 fully saturated rings. The van der Waals surface area contributed by atoms with Crippen molar-refractivity contribution < 1.29 is 29.3 Å². The summed E-state index contributed by atoms with van der Waals surface area (Å²) < 4.78 is 5.18. The Morgan fingerprint density at radius 2 is 1.69 bits per heavy atom. The molecule has 0 aliphatic heterocycles. The highest BCUT2D eigenvalue weighted by molar-refractivity contribution is 6.02. The average molecular weight is 355 g/mol. The van der Waals surface area contributed by atoms with Gasteiger partial charge in [-0.2, -0.15) is 0 Å². The smallest absolute Gasteiger partial charge is 0.407 e. The predicted molar refractivity (Wildman–Crippen MR) is 91.2 cm³/mol. The molecule has 3 rings (SSSR count). The van der Waals surface area contributed by atoms with E-state index in [2.05, 4.69) is 5.32 Å². The van der Waals surface area contributed by atoms with Crippen molar-refractivity contribution in [1.29, 1.82) is 0 Å². The van der Waals surface area contributed by atoms with E-state index in [0.717, 1.165) is 11.1 Å². The molecule has 1 aliphatic rings. The Hall–Kier alpha value is -3.35. The Labute approximate surface area is 149 Å². The summed E-state index contributed by atoms with van der Waals surface area (Å²) in [5, 5.41) is 21.1. The second kappa shape index (κ2) is 7.26. The standard InChI is InChI=1S/C19H17NO6/c21-17(22)14-8-12-6-7-16(13(12)9-15(14)18(23)24)20-19(25)26-10-11-4-2-1-3-5-11/h1-5,8-9,16H,6-7,10H2,(H,20,25)(H,21,22)(H,23,24). The van der Waals surface area contributed by atoms with E-state index in [-0.39, 0.29) is 17.7 Å². The molecule has 134 valence electrons. The van der Waals surface area contributed by atoms with Crippen molar-refractivity contribution >= 4 is 18.0 Å². The molecule has 3 N–H and O–H groups in total. The Morgan fingerprint density at radius 3 is 2.35 bits per heavy atom. The summed E-state index contributed by atoms with van der Waals surface area (Å²) in [6.45, 7) is 0.130. The van der Waals surface area contributed by atoms with E-state index in [4.69, 9.17) is 4.74 Å². The molecular weight excluding hydrogens is 338 g/mol. The highest BCUT2D eigenvalue weighted by atomic mass is 16.5. The number of carbonyl (C=O) groups is 3. The van der Waals surface area contributed by atoms with Gasteiger partial charge in [0.05, 0.1) is 17.2 Å². The van der Waals surface area contributed by atoms with Gasteiger partial charge in [0.2, 0.25) is 0 Å². The number of amides is 1. The maximum atomic E-state index is 12.0. The molecule has 0 spiro atoms. The van der Waals surface area contributed by atoms with E-state index in [0.29, 0.717) is 18.4 Å². The number of benzene rings is 2. The van der Waals surface area contributed by atoms with Crippen LogP contribution in [0.4, 0.5) is 4.79 Å². The first-order chi connectivity index (χ1) is 12.5. The summed E-state index contributed by atoms with van der Waals surface area (Å²) in [6.07, 6.45) is 0.503. The molecule has 0 radical (unpaired) electrons. The van der Waals surface area contributed by atoms with Gasteiger partial charge in [0.25, 0.3) is 0 Å². The van der Waals surface area contributed by atoms with Crippen molar-refractivity contribution in [2.24, 2.45) is 0 Å². The number of aryl methyl sites for hydroxylation is 1. The molecule has 1 amide bonds. The van der Waals surface area contributed by atoms with Crippen LogP contribution >= 0.6 is 0 Å². The fraction of sp³-hybridized carbons (Fsp3) is 0.211. The van der Waals surface area contributed by atoms with Gasteiger partial charge in [-0.25, -0.2) is 14.4 Å². The van der Waals surface area contributed by atoms with Crippen LogP contribution in [0.1, 0.15) is 49.9 Å². The highest BCUT2D eigenvalue weighted by Gasteiger charge is 2.29. The minimum absolute atomic E-state index is 0.130. The number of hydrogen-bond donors (Lipinski definition) is 3. The second-order valence-corrected chi connectivity index (χ2v) is 6.00. The lowest BCUT2D eigenvalue weighted by Crippen LogP contribution is -2.28. The third kappa shape index (κ3) is 3.66. The van der Waals surface area contributed by atoms with Crippen LogP contribution in [-0.4, -0.2) is 28.2 Å². The average Bonchev–Trinajstić information content (AvgIpc) is 3.01. The summed E-state index contributed by atoms with van der Waals surface area (Å²) in [4.78, 5) is 34.6. The minimum Gasteiger partial charge on any atom is -0.478 e. The normalized spacial score (nSPS) is 15.2. The molecule has 0 saturated carbocycles. The van der Waals surface area contributed by atoms with Crippen molar-refractivity contribution in [3.63, 3.8) is 0 Å². The molecule has 7 heteroatoms. The molecule has 1 aliphatic carbocycles. The number of carbonyl (C=O) groups excluding carboxylic acids is 1. The van der Waals surface area contributed by atoms with Gasteiger partial charge in [0.15, 0.2) is 0 Å². The molecule has 0 aromatic heterocycles. The van der Waals surface area contributed by atoms with Crippen LogP contribution in [0.15, 0.2) is 42.5 Å². The fourth-order valence-corrected chi connectivity index (χ4v) is 3.07. The molecular formula is C19H17NO6. The zero-order chi connectivity index (χ0) is 18.7. The van der Waals surface area contributed by atoms with Gasteiger partial charge >= 0.3 is 18.0 Å². The van der Waals surface area contributed by atoms with Crippen molar-refractivity contribution in [3.8, 4) is 0 Å². The first-order valence-electron chi connectivity index (χ1n) is 8.06. The van der Waals surface area contributed by atoms with Crippen LogP contribution in [0, 0.1) is 0 Å². The lowest BCUT2D eigenvalue weighted by molar-refractivity contribution is 0.0651. The number of ether oxygens (including phenoxy) is 1. The van der Waals surface area contributed by atoms with E-state index in [9.17, 15) is 24.6 Å². The minimum atomic E-state index is -1.32. The van der Waals surface area contributed by atoms with E-state index >= 15 is 0 Å². The van der Waals surface area contributed by atoms with Crippen LogP contribution < -0.4 is 5.32 Å². The van der Waals surface area contributed by atoms with E-state index in [1.165, 1.54) is 12.1 Å². The summed E-state index contributed by atoms with van der Waals surface area (Å²) in [5.41, 5.74) is 1.66. The maximum absolute atomic E-state index is 12.0. The number of aromatic carboxylic acids is 2. The monoisotopic (exact) mass is 355 g/mol. The van der Waals surface area contributed by atoms with E-state index in [1.54, 1.807) is 0 Å². The molecule has 2 aromatic carbocycles. The highest BCUT2D eigenvalue weighted by Crippen LogP contribution is 2.33. The number of carboxylic acids is 2. The van der Waals surface area contributed by atoms with Gasteiger partial charge in [0, 0.05) is 0 Å². The Bertz CT molecular complexity index is 862. The molecule has 1 unspecified atom stereocenters. The third-order valence-corrected chi connectivity index (χ3v) is 4.32. The number of carboxylic acid groups (broad SMARTS) is 2. The second-order valence-electron chi connectivity index (χ2n) is 6.00. The van der Waals surface area contributed by atoms with Crippen molar-refractivity contribution in [2.75, 3.05) is 0 Å². The molecule has 7 nitrogen and oxygen atoms in total. The summed E-state index contributed by atoms with van der Waals surface area (Å²) >= 11 is 0. The predicted octanol–water partition coefficient (Wildman–Crippen LogP) is 3.00. The van der Waals surface area contributed by atoms with E-state index < -0.39 is 24.1 Å². The quantitative estimate of drug-likeness (QED) is 0.760. The number of alkyl carbamates (subject to hydrolysis) is 1. The van der Waals surface area contributed by atoms with Crippen molar-refractivity contribution in [3.05, 3.63) is 70.3 Å². The molecule has 1 atom stereocenters. The fourth-order valence-electron chi connectivity index (χ4n) is 3.07. The van der Waals surface area contributed by atoms with Crippen LogP contribution in [0.25, 0.3) is 0 Å².